The third kappa shape index (κ3) is 3.98. The van der Waals surface area contributed by atoms with E-state index in [1.165, 1.54) is 6.26 Å². The number of hydrogen-bond acceptors (Lipinski definition) is 6. The molecule has 0 unspecified atom stereocenters. The summed E-state index contributed by atoms with van der Waals surface area (Å²) in [6, 6.07) is 8.51. The molecule has 3 amide bonds. The van der Waals surface area contributed by atoms with Gasteiger partial charge in [-0.1, -0.05) is 0 Å². The number of amides is 3. The molecule has 4 rings (SSSR count). The van der Waals surface area contributed by atoms with Gasteiger partial charge in [-0.05, 0) is 24.3 Å². The maximum atomic E-state index is 12.3. The summed E-state index contributed by atoms with van der Waals surface area (Å²) in [7, 11) is 0. The lowest BCUT2D eigenvalue weighted by atomic mass is 10.3. The molecule has 148 valence electrons. The van der Waals surface area contributed by atoms with Crippen molar-refractivity contribution in [3.8, 4) is 17.2 Å². The van der Waals surface area contributed by atoms with E-state index in [0.717, 1.165) is 0 Å². The first kappa shape index (κ1) is 18.0. The molecule has 0 bridgehead atoms. The van der Waals surface area contributed by atoms with Gasteiger partial charge in [-0.25, -0.2) is 4.79 Å². The number of ether oxygens (including phenoxy) is 3. The van der Waals surface area contributed by atoms with E-state index in [-0.39, 0.29) is 18.7 Å². The number of carbonyl (C=O) groups excluding carboxylic acids is 2. The summed E-state index contributed by atoms with van der Waals surface area (Å²) >= 11 is 0. The molecule has 1 N–H and O–H groups in total. The van der Waals surface area contributed by atoms with E-state index in [0.29, 0.717) is 62.3 Å². The Hall–Kier alpha value is -3.36. The fourth-order valence-corrected chi connectivity index (χ4v) is 3.07. The minimum absolute atomic E-state index is 0.151. The molecule has 28 heavy (non-hydrogen) atoms. The Morgan fingerprint density at radius 1 is 1.04 bits per heavy atom. The molecule has 0 atom stereocenters. The van der Waals surface area contributed by atoms with Crippen LogP contribution in [0.2, 0.25) is 0 Å². The summed E-state index contributed by atoms with van der Waals surface area (Å²) in [5.74, 6) is 2.18. The summed E-state index contributed by atoms with van der Waals surface area (Å²) in [6.45, 7) is 2.82. The summed E-state index contributed by atoms with van der Waals surface area (Å²) in [5.41, 5.74) is 0. The Bertz CT molecular complexity index is 830. The second-order valence-corrected chi connectivity index (χ2v) is 6.35. The number of piperazine rings is 1. The third-order valence-corrected chi connectivity index (χ3v) is 4.58. The molecular weight excluding hydrogens is 366 g/mol. The highest BCUT2D eigenvalue weighted by Gasteiger charge is 2.25. The van der Waals surface area contributed by atoms with Crippen molar-refractivity contribution in [2.45, 2.75) is 0 Å². The third-order valence-electron chi connectivity index (χ3n) is 4.58. The van der Waals surface area contributed by atoms with Crippen molar-refractivity contribution in [3.05, 3.63) is 42.4 Å². The van der Waals surface area contributed by atoms with Crippen LogP contribution in [0.3, 0.4) is 0 Å². The van der Waals surface area contributed by atoms with Gasteiger partial charge >= 0.3 is 6.03 Å². The molecule has 0 saturated carbocycles. The van der Waals surface area contributed by atoms with Gasteiger partial charge in [0.15, 0.2) is 17.3 Å². The Morgan fingerprint density at radius 3 is 2.61 bits per heavy atom. The largest absolute Gasteiger partial charge is 0.492 e. The number of nitrogens with zero attached hydrogens (tertiary/aromatic N) is 2. The van der Waals surface area contributed by atoms with Crippen molar-refractivity contribution >= 4 is 11.9 Å². The molecular formula is C19H21N3O6. The zero-order valence-corrected chi connectivity index (χ0v) is 15.3. The Morgan fingerprint density at radius 2 is 1.82 bits per heavy atom. The van der Waals surface area contributed by atoms with Crippen molar-refractivity contribution in [3.63, 3.8) is 0 Å². The van der Waals surface area contributed by atoms with E-state index in [9.17, 15) is 9.59 Å². The molecule has 2 aromatic rings. The zero-order valence-electron chi connectivity index (χ0n) is 15.3. The number of rotatable bonds is 5. The first-order valence-electron chi connectivity index (χ1n) is 9.09. The molecule has 1 aromatic heterocycles. The normalized spacial score (nSPS) is 15.4. The van der Waals surface area contributed by atoms with Gasteiger partial charge in [0, 0.05) is 32.2 Å². The van der Waals surface area contributed by atoms with Gasteiger partial charge in [-0.3, -0.25) is 4.79 Å². The molecule has 2 aliphatic heterocycles. The number of urea groups is 1. The average Bonchev–Trinajstić information content (AvgIpc) is 3.42. The van der Waals surface area contributed by atoms with Crippen molar-refractivity contribution in [1.29, 1.82) is 0 Å². The van der Waals surface area contributed by atoms with Gasteiger partial charge < -0.3 is 33.7 Å². The molecule has 9 nitrogen and oxygen atoms in total. The molecule has 3 heterocycles. The number of hydrogen-bond donors (Lipinski definition) is 1. The van der Waals surface area contributed by atoms with Gasteiger partial charge in [-0.15, -0.1) is 0 Å². The molecule has 1 saturated heterocycles. The first-order valence-corrected chi connectivity index (χ1v) is 9.09. The fraction of sp³-hybridized carbons (Fsp3) is 0.368. The minimum Gasteiger partial charge on any atom is -0.492 e. The summed E-state index contributed by atoms with van der Waals surface area (Å²) in [4.78, 5) is 27.9. The number of furan rings is 1. The molecule has 0 radical (unpaired) electrons. The van der Waals surface area contributed by atoms with E-state index >= 15 is 0 Å². The SMILES string of the molecule is O=C(NCCOc1ccc2c(c1)OCO2)N1CCN(C(=O)c2ccco2)CC1. The minimum atomic E-state index is -0.167. The number of fused-ring (bicyclic) bond motifs is 1. The number of benzene rings is 1. The molecule has 1 aromatic carbocycles. The Kier molecular flexibility index (Phi) is 5.22. The molecule has 9 heteroatoms. The van der Waals surface area contributed by atoms with Crippen LogP contribution >= 0.6 is 0 Å². The van der Waals surface area contributed by atoms with Crippen molar-refractivity contribution < 1.29 is 28.2 Å². The fourth-order valence-electron chi connectivity index (χ4n) is 3.07. The highest BCUT2D eigenvalue weighted by Crippen LogP contribution is 2.34. The van der Waals surface area contributed by atoms with Crippen LogP contribution in [0.1, 0.15) is 10.6 Å². The lowest BCUT2D eigenvalue weighted by molar-refractivity contribution is 0.0634. The van der Waals surface area contributed by atoms with E-state index in [1.54, 1.807) is 40.1 Å². The second kappa shape index (κ2) is 8.12. The Labute approximate surface area is 161 Å². The zero-order chi connectivity index (χ0) is 19.3. The molecule has 2 aliphatic rings. The van der Waals surface area contributed by atoms with Crippen LogP contribution in [0.25, 0.3) is 0 Å². The van der Waals surface area contributed by atoms with Crippen LogP contribution in [0, 0.1) is 0 Å². The number of carbonyl (C=O) groups is 2. The monoisotopic (exact) mass is 387 g/mol. The van der Waals surface area contributed by atoms with Crippen LogP contribution < -0.4 is 19.5 Å². The predicted molar refractivity (Wildman–Crippen MR) is 97.6 cm³/mol. The lowest BCUT2D eigenvalue weighted by Crippen LogP contribution is -2.53. The van der Waals surface area contributed by atoms with Crippen LogP contribution in [0.15, 0.2) is 41.0 Å². The van der Waals surface area contributed by atoms with E-state index in [4.69, 9.17) is 18.6 Å². The van der Waals surface area contributed by atoms with Crippen LogP contribution in [0.4, 0.5) is 4.79 Å². The molecule has 0 aliphatic carbocycles. The maximum Gasteiger partial charge on any atom is 0.317 e. The summed E-state index contributed by atoms with van der Waals surface area (Å²) < 4.78 is 21.3. The van der Waals surface area contributed by atoms with Crippen LogP contribution in [0.5, 0.6) is 17.2 Å². The number of nitrogens with one attached hydrogen (secondary N) is 1. The Balaban J connectivity index is 1.16. The second-order valence-electron chi connectivity index (χ2n) is 6.35. The molecule has 1 fully saturated rings. The molecule has 0 spiro atoms. The topological polar surface area (TPSA) is 93.5 Å². The van der Waals surface area contributed by atoms with E-state index in [1.807, 2.05) is 0 Å². The maximum absolute atomic E-state index is 12.3. The van der Waals surface area contributed by atoms with E-state index < -0.39 is 0 Å². The van der Waals surface area contributed by atoms with Gasteiger partial charge in [0.1, 0.15) is 12.4 Å². The smallest absolute Gasteiger partial charge is 0.317 e. The van der Waals surface area contributed by atoms with E-state index in [2.05, 4.69) is 5.32 Å². The van der Waals surface area contributed by atoms with Gasteiger partial charge in [-0.2, -0.15) is 0 Å². The quantitative estimate of drug-likeness (QED) is 0.783. The summed E-state index contributed by atoms with van der Waals surface area (Å²) in [6.07, 6.45) is 1.47. The lowest BCUT2D eigenvalue weighted by Gasteiger charge is -2.34. The van der Waals surface area contributed by atoms with Crippen LogP contribution in [-0.4, -0.2) is 67.9 Å². The van der Waals surface area contributed by atoms with Crippen molar-refractivity contribution in [2.75, 3.05) is 46.1 Å². The van der Waals surface area contributed by atoms with Crippen molar-refractivity contribution in [2.24, 2.45) is 0 Å². The highest BCUT2D eigenvalue weighted by atomic mass is 16.7. The average molecular weight is 387 g/mol. The standard InChI is InChI=1S/C19H21N3O6/c23-18(16-2-1-10-26-16)21-6-8-22(9-7-21)19(24)20-5-11-25-14-3-4-15-17(12-14)28-13-27-15/h1-4,10,12H,5-9,11,13H2,(H,20,24). The van der Waals surface area contributed by atoms with Crippen molar-refractivity contribution in [1.82, 2.24) is 15.1 Å². The first-order chi connectivity index (χ1) is 13.7. The van der Waals surface area contributed by atoms with Gasteiger partial charge in [0.05, 0.1) is 12.8 Å². The predicted octanol–water partition coefficient (Wildman–Crippen LogP) is 1.55. The highest BCUT2D eigenvalue weighted by molar-refractivity contribution is 5.91. The van der Waals surface area contributed by atoms with Gasteiger partial charge in [0.2, 0.25) is 6.79 Å². The van der Waals surface area contributed by atoms with Gasteiger partial charge in [0.25, 0.3) is 5.91 Å². The summed E-state index contributed by atoms with van der Waals surface area (Å²) in [5, 5.41) is 2.83. The van der Waals surface area contributed by atoms with Crippen LogP contribution in [-0.2, 0) is 0 Å².